The van der Waals surface area contributed by atoms with Crippen molar-refractivity contribution in [2.75, 3.05) is 13.2 Å². The fourth-order valence-corrected chi connectivity index (χ4v) is 8.08. The molecule has 1 spiro atoms. The Morgan fingerprint density at radius 3 is 2.58 bits per heavy atom. The van der Waals surface area contributed by atoms with Crippen molar-refractivity contribution < 1.29 is 54.0 Å². The van der Waals surface area contributed by atoms with E-state index in [2.05, 4.69) is 0 Å². The molecule has 6 aliphatic rings. The maximum Gasteiger partial charge on any atom is 0.338 e. The Balaban J connectivity index is 1.24. The van der Waals surface area contributed by atoms with Gasteiger partial charge in [0.2, 0.25) is 5.79 Å². The summed E-state index contributed by atoms with van der Waals surface area (Å²) in [6.07, 6.45) is -6.70. The largest absolute Gasteiger partial charge is 0.461 e. The van der Waals surface area contributed by atoms with Gasteiger partial charge in [-0.15, -0.1) is 0 Å². The van der Waals surface area contributed by atoms with Gasteiger partial charge in [0.15, 0.2) is 12.1 Å². The smallest absolute Gasteiger partial charge is 0.338 e. The molecule has 5 N–H and O–H groups in total. The molecule has 4 aliphatic heterocycles. The van der Waals surface area contributed by atoms with Crippen LogP contribution >= 0.6 is 0 Å². The highest BCUT2D eigenvalue weighted by atomic mass is 16.8. The number of carbonyl (C=O) groups is 1. The van der Waals surface area contributed by atoms with Gasteiger partial charge in [-0.25, -0.2) is 4.79 Å². The molecule has 11 heteroatoms. The first-order valence-electron chi connectivity index (χ1n) is 12.4. The third-order valence-corrected chi connectivity index (χ3v) is 9.73. The zero-order valence-electron chi connectivity index (χ0n) is 19.6. The van der Waals surface area contributed by atoms with Gasteiger partial charge in [-0.3, -0.25) is 0 Å². The molecule has 36 heavy (non-hydrogen) atoms. The van der Waals surface area contributed by atoms with Crippen LogP contribution in [0.25, 0.3) is 0 Å². The lowest BCUT2D eigenvalue weighted by atomic mass is 9.41. The second-order valence-electron chi connectivity index (χ2n) is 11.6. The Morgan fingerprint density at radius 1 is 1.11 bits per heavy atom. The average molecular weight is 507 g/mol. The summed E-state index contributed by atoms with van der Waals surface area (Å²) in [4.78, 5) is 12.9. The van der Waals surface area contributed by atoms with Gasteiger partial charge in [-0.1, -0.05) is 25.1 Å². The third-order valence-electron chi connectivity index (χ3n) is 9.73. The van der Waals surface area contributed by atoms with Crippen molar-refractivity contribution in [3.63, 3.8) is 0 Å². The Labute approximate surface area is 206 Å². The van der Waals surface area contributed by atoms with Crippen molar-refractivity contribution in [1.82, 2.24) is 0 Å². The van der Waals surface area contributed by atoms with Gasteiger partial charge in [-0.05, 0) is 25.0 Å². The van der Waals surface area contributed by atoms with Crippen molar-refractivity contribution in [3.8, 4) is 0 Å². The molecule has 0 amide bonds. The van der Waals surface area contributed by atoms with Gasteiger partial charge in [0, 0.05) is 17.8 Å². The van der Waals surface area contributed by atoms with Crippen LogP contribution in [-0.2, 0) is 23.7 Å². The van der Waals surface area contributed by atoms with Crippen LogP contribution < -0.4 is 0 Å². The molecule has 11 nitrogen and oxygen atoms in total. The van der Waals surface area contributed by atoms with Crippen molar-refractivity contribution in [2.24, 2.45) is 16.7 Å². The van der Waals surface area contributed by atoms with E-state index in [-0.39, 0.29) is 6.61 Å². The van der Waals surface area contributed by atoms with Gasteiger partial charge < -0.3 is 49.2 Å². The number of hydrogen-bond donors (Lipinski definition) is 5. The Hall–Kier alpha value is -1.67. The first kappa shape index (κ1) is 23.4. The molecule has 3 bridgehead atoms. The summed E-state index contributed by atoms with van der Waals surface area (Å²) in [6, 6.07) is 8.56. The standard InChI is InChI=1S/C25H30O11/c1-21-9-22(34-19-17(29)16(28)15(27)13(8-26)33-19)7-14-23(22,11-32-18(30)12-5-3-2-4-6-12)20-25(21,35-20)36-24(14,31)10-21/h2-6,13-17,19-20,26-29,31H,7-11H2,1H3/t13?,14-,15-,16?,17+,19-,20?,21?,22?,23-,24?,25?/m0/s1. The summed E-state index contributed by atoms with van der Waals surface area (Å²) in [7, 11) is 0. The van der Waals surface area contributed by atoms with Gasteiger partial charge >= 0.3 is 5.97 Å². The van der Waals surface area contributed by atoms with E-state index in [0.29, 0.717) is 24.8 Å². The molecule has 2 aliphatic carbocycles. The number of hydrogen-bond acceptors (Lipinski definition) is 11. The Kier molecular flexibility index (Phi) is 4.59. The average Bonchev–Trinajstić information content (AvgIpc) is 3.56. The monoisotopic (exact) mass is 506 g/mol. The minimum Gasteiger partial charge on any atom is -0.461 e. The number of aliphatic hydroxyl groups excluding tert-OH is 4. The molecule has 4 heterocycles. The van der Waals surface area contributed by atoms with E-state index in [0.717, 1.165) is 0 Å². The quantitative estimate of drug-likeness (QED) is 0.238. The SMILES string of the molecule is CC12CC3(O)OC14OC4[C@]1(COC(=O)c4ccccc4)[C@@H]3CC1(O[C@@H]1OC(CO)[C@H](O)C(O)[C@H]1O)C2. The molecule has 7 rings (SSSR count). The van der Waals surface area contributed by atoms with E-state index in [1.54, 1.807) is 30.3 Å². The first-order valence-corrected chi connectivity index (χ1v) is 12.4. The lowest BCUT2D eigenvalue weighted by molar-refractivity contribution is -0.425. The fourth-order valence-electron chi connectivity index (χ4n) is 8.08. The van der Waals surface area contributed by atoms with Gasteiger partial charge in [0.25, 0.3) is 0 Å². The molecule has 0 radical (unpaired) electrons. The molecule has 1 aromatic carbocycles. The van der Waals surface area contributed by atoms with Crippen molar-refractivity contribution in [3.05, 3.63) is 35.9 Å². The molecule has 6 fully saturated rings. The summed E-state index contributed by atoms with van der Waals surface area (Å²) in [5.74, 6) is -3.50. The zero-order chi connectivity index (χ0) is 25.3. The topological polar surface area (TPSA) is 168 Å². The molecule has 0 aromatic heterocycles. The van der Waals surface area contributed by atoms with Crippen LogP contribution in [0.4, 0.5) is 0 Å². The second-order valence-corrected chi connectivity index (χ2v) is 11.6. The maximum absolute atomic E-state index is 12.9. The number of rotatable bonds is 6. The molecule has 2 saturated carbocycles. The van der Waals surface area contributed by atoms with E-state index < -0.39 is 83.3 Å². The van der Waals surface area contributed by atoms with Crippen LogP contribution in [-0.4, -0.2) is 98.7 Å². The normalized spacial score (nSPS) is 55.6. The van der Waals surface area contributed by atoms with E-state index >= 15 is 0 Å². The van der Waals surface area contributed by atoms with Crippen LogP contribution in [0.5, 0.6) is 0 Å². The van der Waals surface area contributed by atoms with E-state index in [9.17, 15) is 30.3 Å². The zero-order valence-corrected chi connectivity index (χ0v) is 19.6. The second kappa shape index (κ2) is 7.04. The third kappa shape index (κ3) is 2.56. The molecular weight excluding hydrogens is 476 g/mol. The lowest BCUT2D eigenvalue weighted by Crippen LogP contribution is -2.80. The maximum atomic E-state index is 12.9. The summed E-state index contributed by atoms with van der Waals surface area (Å²) in [5, 5.41) is 52.4. The van der Waals surface area contributed by atoms with Crippen LogP contribution in [0.15, 0.2) is 30.3 Å². The predicted molar refractivity (Wildman–Crippen MR) is 116 cm³/mol. The molecule has 12 atom stereocenters. The van der Waals surface area contributed by atoms with Crippen molar-refractivity contribution in [2.45, 2.75) is 80.2 Å². The van der Waals surface area contributed by atoms with E-state index in [1.807, 2.05) is 6.92 Å². The number of epoxide rings is 1. The van der Waals surface area contributed by atoms with Gasteiger partial charge in [0.1, 0.15) is 37.1 Å². The number of carbonyl (C=O) groups excluding carboxylic acids is 1. The Morgan fingerprint density at radius 2 is 1.86 bits per heavy atom. The molecule has 1 aromatic rings. The van der Waals surface area contributed by atoms with E-state index in [1.165, 1.54) is 0 Å². The van der Waals surface area contributed by atoms with Crippen LogP contribution in [0, 0.1) is 16.7 Å². The number of esters is 1. The first-order chi connectivity index (χ1) is 17.0. The highest BCUT2D eigenvalue weighted by molar-refractivity contribution is 5.89. The molecule has 196 valence electrons. The van der Waals surface area contributed by atoms with Gasteiger partial charge in [0.05, 0.1) is 23.2 Å². The number of fused-ring (bicyclic) bond motifs is 2. The summed E-state index contributed by atoms with van der Waals surface area (Å²) in [5.41, 5.74) is -2.26. The summed E-state index contributed by atoms with van der Waals surface area (Å²) in [6.45, 7) is 1.27. The molecule has 4 saturated heterocycles. The minimum atomic E-state index is -1.59. The minimum absolute atomic E-state index is 0.114. The lowest BCUT2D eigenvalue weighted by Gasteiger charge is -2.69. The van der Waals surface area contributed by atoms with Crippen LogP contribution in [0.3, 0.4) is 0 Å². The number of benzene rings is 1. The number of aliphatic hydroxyl groups is 5. The fraction of sp³-hybridized carbons (Fsp3) is 0.720. The number of ether oxygens (including phenoxy) is 5. The van der Waals surface area contributed by atoms with Gasteiger partial charge in [-0.2, -0.15) is 0 Å². The van der Waals surface area contributed by atoms with Crippen LogP contribution in [0.1, 0.15) is 36.5 Å². The predicted octanol–water partition coefficient (Wildman–Crippen LogP) is -0.967. The summed E-state index contributed by atoms with van der Waals surface area (Å²) >= 11 is 0. The molecular formula is C25H30O11. The van der Waals surface area contributed by atoms with Crippen molar-refractivity contribution in [1.29, 1.82) is 0 Å². The molecule has 7 unspecified atom stereocenters. The van der Waals surface area contributed by atoms with Crippen molar-refractivity contribution >= 4 is 5.97 Å². The summed E-state index contributed by atoms with van der Waals surface area (Å²) < 4.78 is 30.3. The van der Waals surface area contributed by atoms with E-state index in [4.69, 9.17) is 23.7 Å². The highest BCUT2D eigenvalue weighted by Gasteiger charge is 2.98. The Bertz CT molecular complexity index is 1100. The van der Waals surface area contributed by atoms with Crippen LogP contribution in [0.2, 0.25) is 0 Å². The highest BCUT2D eigenvalue weighted by Crippen LogP contribution is 2.87.